The number of ether oxygens (including phenoxy) is 2. The minimum Gasteiger partial charge on any atom is -0.393 e. The van der Waals surface area contributed by atoms with Gasteiger partial charge in [0.2, 0.25) is 0 Å². The summed E-state index contributed by atoms with van der Waals surface area (Å²) in [4.78, 5) is 0. The van der Waals surface area contributed by atoms with Crippen molar-refractivity contribution in [3.05, 3.63) is 0 Å². The monoisotopic (exact) mass is 188 g/mol. The molecule has 3 nitrogen and oxygen atoms in total. The average molecular weight is 188 g/mol. The average Bonchev–Trinajstić information content (AvgIpc) is 2.14. The lowest BCUT2D eigenvalue weighted by molar-refractivity contribution is 0.0132. The van der Waals surface area contributed by atoms with E-state index in [1.54, 1.807) is 6.92 Å². The van der Waals surface area contributed by atoms with Crippen molar-refractivity contribution in [2.45, 2.75) is 32.3 Å². The van der Waals surface area contributed by atoms with Crippen molar-refractivity contribution < 1.29 is 14.6 Å². The highest BCUT2D eigenvalue weighted by atomic mass is 16.5. The number of hydrogen-bond donors (Lipinski definition) is 1. The Morgan fingerprint density at radius 1 is 1.46 bits per heavy atom. The first-order valence-corrected chi connectivity index (χ1v) is 5.12. The quantitative estimate of drug-likeness (QED) is 0.659. The van der Waals surface area contributed by atoms with Crippen molar-refractivity contribution in [1.82, 2.24) is 0 Å². The van der Waals surface area contributed by atoms with Crippen molar-refractivity contribution in [2.75, 3.05) is 26.4 Å². The van der Waals surface area contributed by atoms with Gasteiger partial charge in [-0.3, -0.25) is 0 Å². The van der Waals surface area contributed by atoms with Crippen molar-refractivity contribution in [2.24, 2.45) is 5.92 Å². The lowest BCUT2D eigenvalue weighted by Gasteiger charge is -2.21. The van der Waals surface area contributed by atoms with Crippen LogP contribution in [0.1, 0.15) is 26.2 Å². The zero-order valence-corrected chi connectivity index (χ0v) is 8.37. The molecule has 1 aliphatic rings. The van der Waals surface area contributed by atoms with Gasteiger partial charge in [0, 0.05) is 26.4 Å². The summed E-state index contributed by atoms with van der Waals surface area (Å²) in [6, 6.07) is 0. The van der Waals surface area contributed by atoms with E-state index in [1.165, 1.54) is 0 Å². The number of rotatable bonds is 5. The molecule has 0 aliphatic carbocycles. The van der Waals surface area contributed by atoms with Crippen LogP contribution in [0.2, 0.25) is 0 Å². The first-order valence-electron chi connectivity index (χ1n) is 5.12. The Kier molecular flexibility index (Phi) is 5.35. The van der Waals surface area contributed by atoms with Crippen LogP contribution in [-0.4, -0.2) is 37.6 Å². The predicted molar refractivity (Wildman–Crippen MR) is 50.7 cm³/mol. The van der Waals surface area contributed by atoms with Crippen molar-refractivity contribution in [1.29, 1.82) is 0 Å². The SMILES string of the molecule is CC(O)CCOCC1CCOCC1. The van der Waals surface area contributed by atoms with Crippen LogP contribution in [0.5, 0.6) is 0 Å². The van der Waals surface area contributed by atoms with E-state index in [4.69, 9.17) is 14.6 Å². The second-order valence-electron chi connectivity index (χ2n) is 3.77. The number of aliphatic hydroxyl groups is 1. The third-order valence-electron chi connectivity index (χ3n) is 2.37. The molecule has 1 aliphatic heterocycles. The summed E-state index contributed by atoms with van der Waals surface area (Å²) in [6.07, 6.45) is 2.74. The molecule has 1 N–H and O–H groups in total. The van der Waals surface area contributed by atoms with Gasteiger partial charge in [-0.05, 0) is 32.1 Å². The summed E-state index contributed by atoms with van der Waals surface area (Å²) in [7, 11) is 0. The van der Waals surface area contributed by atoms with Crippen molar-refractivity contribution in [3.8, 4) is 0 Å². The number of hydrogen-bond acceptors (Lipinski definition) is 3. The van der Waals surface area contributed by atoms with Crippen molar-refractivity contribution in [3.63, 3.8) is 0 Å². The van der Waals surface area contributed by atoms with Gasteiger partial charge in [0.15, 0.2) is 0 Å². The van der Waals surface area contributed by atoms with Gasteiger partial charge in [-0.25, -0.2) is 0 Å². The minimum absolute atomic E-state index is 0.241. The molecule has 13 heavy (non-hydrogen) atoms. The zero-order valence-electron chi connectivity index (χ0n) is 8.37. The van der Waals surface area contributed by atoms with Crippen LogP contribution < -0.4 is 0 Å². The van der Waals surface area contributed by atoms with Gasteiger partial charge < -0.3 is 14.6 Å². The van der Waals surface area contributed by atoms with Gasteiger partial charge in [-0.1, -0.05) is 0 Å². The molecule has 1 saturated heterocycles. The molecule has 0 saturated carbocycles. The maximum Gasteiger partial charge on any atom is 0.0534 e. The molecule has 1 atom stereocenters. The highest BCUT2D eigenvalue weighted by Gasteiger charge is 2.13. The molecule has 0 aromatic carbocycles. The lowest BCUT2D eigenvalue weighted by Crippen LogP contribution is -2.20. The summed E-state index contributed by atoms with van der Waals surface area (Å²) in [5, 5.41) is 8.99. The van der Waals surface area contributed by atoms with Gasteiger partial charge in [0.1, 0.15) is 0 Å². The normalized spacial score (nSPS) is 21.7. The Balaban J connectivity index is 1.92. The van der Waals surface area contributed by atoms with E-state index in [2.05, 4.69) is 0 Å². The van der Waals surface area contributed by atoms with Crippen molar-refractivity contribution >= 4 is 0 Å². The molecule has 78 valence electrons. The van der Waals surface area contributed by atoms with E-state index in [9.17, 15) is 0 Å². The third kappa shape index (κ3) is 5.24. The molecule has 0 aromatic rings. The minimum atomic E-state index is -0.241. The molecular formula is C10H20O3. The molecular weight excluding hydrogens is 168 g/mol. The summed E-state index contributed by atoms with van der Waals surface area (Å²) in [6.45, 7) is 5.05. The Morgan fingerprint density at radius 2 is 2.15 bits per heavy atom. The molecule has 1 heterocycles. The van der Waals surface area contributed by atoms with Crippen LogP contribution in [0.4, 0.5) is 0 Å². The fraction of sp³-hybridized carbons (Fsp3) is 1.00. The van der Waals surface area contributed by atoms with E-state index in [1.807, 2.05) is 0 Å². The first-order chi connectivity index (χ1) is 6.29. The second-order valence-corrected chi connectivity index (χ2v) is 3.77. The van der Waals surface area contributed by atoms with E-state index in [0.29, 0.717) is 12.5 Å². The Hall–Kier alpha value is -0.120. The van der Waals surface area contributed by atoms with Gasteiger partial charge >= 0.3 is 0 Å². The second kappa shape index (κ2) is 6.35. The molecule has 0 amide bonds. The molecule has 0 radical (unpaired) electrons. The summed E-state index contributed by atoms with van der Waals surface area (Å²) in [5.41, 5.74) is 0. The molecule has 1 rings (SSSR count). The van der Waals surface area contributed by atoms with Gasteiger partial charge in [-0.2, -0.15) is 0 Å². The molecule has 3 heteroatoms. The van der Waals surface area contributed by atoms with Gasteiger partial charge in [-0.15, -0.1) is 0 Å². The van der Waals surface area contributed by atoms with Crippen LogP contribution >= 0.6 is 0 Å². The lowest BCUT2D eigenvalue weighted by atomic mass is 10.0. The molecule has 0 bridgehead atoms. The van der Waals surface area contributed by atoms with Gasteiger partial charge in [0.05, 0.1) is 6.10 Å². The standard InChI is InChI=1S/C10H20O3/c1-9(11)2-5-13-8-10-3-6-12-7-4-10/h9-11H,2-8H2,1H3. The maximum atomic E-state index is 8.99. The molecule has 1 fully saturated rings. The summed E-state index contributed by atoms with van der Waals surface area (Å²) in [5.74, 6) is 0.669. The molecule has 0 spiro atoms. The van der Waals surface area contributed by atoms with Crippen LogP contribution in [0.15, 0.2) is 0 Å². The Morgan fingerprint density at radius 3 is 2.77 bits per heavy atom. The highest BCUT2D eigenvalue weighted by Crippen LogP contribution is 2.14. The summed E-state index contributed by atoms with van der Waals surface area (Å²) >= 11 is 0. The van der Waals surface area contributed by atoms with Crippen LogP contribution in [0, 0.1) is 5.92 Å². The van der Waals surface area contributed by atoms with E-state index in [-0.39, 0.29) is 6.10 Å². The Bertz CT molecular complexity index is 119. The summed E-state index contributed by atoms with van der Waals surface area (Å²) < 4.78 is 10.7. The van der Waals surface area contributed by atoms with E-state index < -0.39 is 0 Å². The maximum absolute atomic E-state index is 8.99. The number of aliphatic hydroxyl groups excluding tert-OH is 1. The topological polar surface area (TPSA) is 38.7 Å². The predicted octanol–water partition coefficient (Wildman–Crippen LogP) is 1.20. The smallest absolute Gasteiger partial charge is 0.0534 e. The van der Waals surface area contributed by atoms with Crippen LogP contribution in [0.3, 0.4) is 0 Å². The van der Waals surface area contributed by atoms with E-state index in [0.717, 1.165) is 39.1 Å². The first kappa shape index (κ1) is 11.0. The Labute approximate surface area is 80.0 Å². The van der Waals surface area contributed by atoms with Gasteiger partial charge in [0.25, 0.3) is 0 Å². The molecule has 0 aromatic heterocycles. The van der Waals surface area contributed by atoms with E-state index >= 15 is 0 Å². The fourth-order valence-corrected chi connectivity index (χ4v) is 1.42. The fourth-order valence-electron chi connectivity index (χ4n) is 1.42. The molecule has 1 unspecified atom stereocenters. The van der Waals surface area contributed by atoms with Crippen LogP contribution in [-0.2, 0) is 9.47 Å². The zero-order chi connectivity index (χ0) is 9.52. The third-order valence-corrected chi connectivity index (χ3v) is 2.37. The highest BCUT2D eigenvalue weighted by molar-refractivity contribution is 4.62. The van der Waals surface area contributed by atoms with Crippen LogP contribution in [0.25, 0.3) is 0 Å². The largest absolute Gasteiger partial charge is 0.393 e.